The molecule has 0 aliphatic carbocycles. The Morgan fingerprint density at radius 1 is 1.37 bits per heavy atom. The number of benzene rings is 1. The van der Waals surface area contributed by atoms with E-state index in [1.807, 2.05) is 35.0 Å². The van der Waals surface area contributed by atoms with Crippen molar-refractivity contribution in [1.82, 2.24) is 9.55 Å². The number of rotatable bonds is 6. The van der Waals surface area contributed by atoms with Crippen molar-refractivity contribution in [2.45, 2.75) is 30.9 Å². The Balaban J connectivity index is 1.95. The van der Waals surface area contributed by atoms with E-state index in [-0.39, 0.29) is 0 Å². The van der Waals surface area contributed by atoms with Gasteiger partial charge in [0.15, 0.2) is 0 Å². The molecule has 0 aliphatic rings. The van der Waals surface area contributed by atoms with Gasteiger partial charge in [0.1, 0.15) is 11.9 Å². The second kappa shape index (κ2) is 6.98. The zero-order valence-electron chi connectivity index (χ0n) is 10.8. The van der Waals surface area contributed by atoms with Gasteiger partial charge in [-0.3, -0.25) is 0 Å². The first-order valence-corrected chi connectivity index (χ1v) is 7.64. The van der Waals surface area contributed by atoms with E-state index in [4.69, 9.17) is 11.6 Å². The number of hydrogen-bond acceptors (Lipinski definition) is 3. The molecule has 1 atom stereocenters. The minimum atomic E-state index is -0.553. The Morgan fingerprint density at radius 2 is 2.11 bits per heavy atom. The molecule has 2 aromatic rings. The van der Waals surface area contributed by atoms with Gasteiger partial charge >= 0.3 is 0 Å². The molecule has 102 valence electrons. The van der Waals surface area contributed by atoms with Gasteiger partial charge < -0.3 is 9.67 Å². The molecule has 1 N–H and O–H groups in total. The molecule has 19 heavy (non-hydrogen) atoms. The number of aromatic nitrogens is 2. The Kier molecular flexibility index (Phi) is 5.31. The summed E-state index contributed by atoms with van der Waals surface area (Å²) in [5, 5.41) is 10.9. The van der Waals surface area contributed by atoms with Gasteiger partial charge in [-0.1, -0.05) is 18.5 Å². The van der Waals surface area contributed by atoms with Crippen LogP contribution in [0.25, 0.3) is 0 Å². The van der Waals surface area contributed by atoms with E-state index >= 15 is 0 Å². The number of thioether (sulfide) groups is 1. The molecule has 0 fully saturated rings. The maximum absolute atomic E-state index is 10.2. The van der Waals surface area contributed by atoms with Crippen LogP contribution in [0.4, 0.5) is 0 Å². The van der Waals surface area contributed by atoms with Gasteiger partial charge in [-0.05, 0) is 30.7 Å². The Morgan fingerprint density at radius 3 is 2.79 bits per heavy atom. The fourth-order valence-electron chi connectivity index (χ4n) is 1.83. The standard InChI is InChI=1S/C14H17ClN2OS/c1-2-8-17-9-7-16-14(17)13(18)10-19-12-5-3-11(15)4-6-12/h3-7,9,13,18H,2,8,10H2,1H3. The van der Waals surface area contributed by atoms with Gasteiger partial charge in [-0.25, -0.2) is 4.98 Å². The Bertz CT molecular complexity index is 512. The lowest BCUT2D eigenvalue weighted by atomic mass is 10.3. The summed E-state index contributed by atoms with van der Waals surface area (Å²) in [6.45, 7) is 3.00. The minimum Gasteiger partial charge on any atom is -0.384 e. The first-order chi connectivity index (χ1) is 9.20. The van der Waals surface area contributed by atoms with Crippen molar-refractivity contribution in [2.75, 3.05) is 5.75 Å². The van der Waals surface area contributed by atoms with E-state index in [0.717, 1.165) is 28.7 Å². The highest BCUT2D eigenvalue weighted by atomic mass is 35.5. The molecule has 0 saturated carbocycles. The molecule has 0 bridgehead atoms. The first-order valence-electron chi connectivity index (χ1n) is 6.28. The van der Waals surface area contributed by atoms with Gasteiger partial charge in [0, 0.05) is 34.6 Å². The first kappa shape index (κ1) is 14.4. The fraction of sp³-hybridized carbons (Fsp3) is 0.357. The van der Waals surface area contributed by atoms with Gasteiger partial charge in [-0.15, -0.1) is 11.8 Å². The van der Waals surface area contributed by atoms with Crippen LogP contribution in [0.15, 0.2) is 41.6 Å². The minimum absolute atomic E-state index is 0.553. The third-order valence-electron chi connectivity index (χ3n) is 2.73. The van der Waals surface area contributed by atoms with E-state index in [1.54, 1.807) is 18.0 Å². The quantitative estimate of drug-likeness (QED) is 0.825. The molecule has 1 unspecified atom stereocenters. The molecule has 1 aromatic heterocycles. The van der Waals surface area contributed by atoms with Crippen molar-refractivity contribution in [2.24, 2.45) is 0 Å². The highest BCUT2D eigenvalue weighted by molar-refractivity contribution is 7.99. The topological polar surface area (TPSA) is 38.0 Å². The summed E-state index contributed by atoms with van der Waals surface area (Å²) in [7, 11) is 0. The molecular weight excluding hydrogens is 280 g/mol. The molecule has 3 nitrogen and oxygen atoms in total. The van der Waals surface area contributed by atoms with Gasteiger partial charge in [0.2, 0.25) is 0 Å². The highest BCUT2D eigenvalue weighted by Gasteiger charge is 2.13. The van der Waals surface area contributed by atoms with Crippen LogP contribution in [0.1, 0.15) is 25.3 Å². The number of aliphatic hydroxyl groups excluding tert-OH is 1. The van der Waals surface area contributed by atoms with E-state index in [9.17, 15) is 5.11 Å². The highest BCUT2D eigenvalue weighted by Crippen LogP contribution is 2.25. The number of aryl methyl sites for hydroxylation is 1. The average molecular weight is 297 g/mol. The summed E-state index contributed by atoms with van der Waals surface area (Å²) in [5.74, 6) is 1.32. The van der Waals surface area contributed by atoms with Crippen LogP contribution in [0.5, 0.6) is 0 Å². The van der Waals surface area contributed by atoms with Crippen molar-refractivity contribution in [3.63, 3.8) is 0 Å². The fourth-order valence-corrected chi connectivity index (χ4v) is 2.78. The summed E-state index contributed by atoms with van der Waals surface area (Å²) in [5.41, 5.74) is 0. The van der Waals surface area contributed by atoms with Crippen LogP contribution in [0, 0.1) is 0 Å². The molecule has 0 aliphatic heterocycles. The molecule has 2 rings (SSSR count). The van der Waals surface area contributed by atoms with Crippen LogP contribution in [-0.2, 0) is 6.54 Å². The zero-order valence-corrected chi connectivity index (χ0v) is 12.4. The average Bonchev–Trinajstić information content (AvgIpc) is 2.86. The lowest BCUT2D eigenvalue weighted by molar-refractivity contribution is 0.188. The third-order valence-corrected chi connectivity index (χ3v) is 4.07. The molecule has 0 radical (unpaired) electrons. The molecule has 1 heterocycles. The van der Waals surface area contributed by atoms with Crippen LogP contribution in [0.2, 0.25) is 5.02 Å². The second-order valence-corrected chi connectivity index (χ2v) is 5.79. The van der Waals surface area contributed by atoms with Crippen LogP contribution >= 0.6 is 23.4 Å². The number of hydrogen-bond donors (Lipinski definition) is 1. The lowest BCUT2D eigenvalue weighted by Crippen LogP contribution is -2.10. The Hall–Kier alpha value is -0.970. The number of halogens is 1. The summed E-state index contributed by atoms with van der Waals surface area (Å²) >= 11 is 7.44. The van der Waals surface area contributed by atoms with Crippen LogP contribution in [0.3, 0.4) is 0 Å². The Labute approximate surface area is 122 Å². The monoisotopic (exact) mass is 296 g/mol. The van der Waals surface area contributed by atoms with Crippen molar-refractivity contribution in [3.05, 3.63) is 47.5 Å². The lowest BCUT2D eigenvalue weighted by Gasteiger charge is -2.12. The normalized spacial score (nSPS) is 12.6. The van der Waals surface area contributed by atoms with E-state index < -0.39 is 6.10 Å². The summed E-state index contributed by atoms with van der Waals surface area (Å²) in [6.07, 6.45) is 4.12. The van der Waals surface area contributed by atoms with Crippen molar-refractivity contribution >= 4 is 23.4 Å². The van der Waals surface area contributed by atoms with E-state index in [2.05, 4.69) is 11.9 Å². The maximum atomic E-state index is 10.2. The van der Waals surface area contributed by atoms with Gasteiger partial charge in [0.25, 0.3) is 0 Å². The van der Waals surface area contributed by atoms with Gasteiger partial charge in [0.05, 0.1) is 0 Å². The van der Waals surface area contributed by atoms with Crippen molar-refractivity contribution in [3.8, 4) is 0 Å². The number of nitrogens with zero attached hydrogens (tertiary/aromatic N) is 2. The number of imidazole rings is 1. The maximum Gasteiger partial charge on any atom is 0.138 e. The van der Waals surface area contributed by atoms with E-state index in [0.29, 0.717) is 5.75 Å². The summed E-state index contributed by atoms with van der Waals surface area (Å²) < 4.78 is 2.01. The van der Waals surface area contributed by atoms with Crippen molar-refractivity contribution < 1.29 is 5.11 Å². The third kappa shape index (κ3) is 4.00. The predicted octanol–water partition coefficient (Wildman–Crippen LogP) is 3.77. The number of aliphatic hydroxyl groups is 1. The largest absolute Gasteiger partial charge is 0.384 e. The summed E-state index contributed by atoms with van der Waals surface area (Å²) in [4.78, 5) is 5.33. The molecule has 0 spiro atoms. The van der Waals surface area contributed by atoms with Gasteiger partial charge in [-0.2, -0.15) is 0 Å². The summed E-state index contributed by atoms with van der Waals surface area (Å²) in [6, 6.07) is 7.62. The molecule has 5 heteroatoms. The molecule has 0 saturated heterocycles. The molecular formula is C14H17ClN2OS. The van der Waals surface area contributed by atoms with Crippen molar-refractivity contribution in [1.29, 1.82) is 0 Å². The molecule has 1 aromatic carbocycles. The predicted molar refractivity (Wildman–Crippen MR) is 79.7 cm³/mol. The molecule has 0 amide bonds. The smallest absolute Gasteiger partial charge is 0.138 e. The van der Waals surface area contributed by atoms with E-state index in [1.165, 1.54) is 0 Å². The van der Waals surface area contributed by atoms with Crippen LogP contribution in [-0.4, -0.2) is 20.4 Å². The SMILES string of the molecule is CCCn1ccnc1C(O)CSc1ccc(Cl)cc1. The zero-order chi connectivity index (χ0) is 13.7. The second-order valence-electron chi connectivity index (χ2n) is 4.26. The van der Waals surface area contributed by atoms with Crippen LogP contribution < -0.4 is 0 Å².